The molecular weight excluding hydrogens is 338 g/mol. The summed E-state index contributed by atoms with van der Waals surface area (Å²) in [6.07, 6.45) is 1.35. The summed E-state index contributed by atoms with van der Waals surface area (Å²) in [7, 11) is 0. The van der Waals surface area contributed by atoms with Crippen molar-refractivity contribution in [1.29, 1.82) is 0 Å². The Balaban J connectivity index is 1.61. The van der Waals surface area contributed by atoms with Gasteiger partial charge in [0, 0.05) is 30.3 Å². The van der Waals surface area contributed by atoms with Crippen molar-refractivity contribution in [3.63, 3.8) is 0 Å². The Bertz CT molecular complexity index is 883. The second-order valence-electron chi connectivity index (χ2n) is 6.87. The number of H-pyrrole nitrogens is 1. The van der Waals surface area contributed by atoms with E-state index in [1.165, 1.54) is 0 Å². The lowest BCUT2D eigenvalue weighted by atomic mass is 10.0. The number of amides is 1. The third kappa shape index (κ3) is 5.05. The van der Waals surface area contributed by atoms with Crippen LogP contribution in [0.4, 0.5) is 0 Å². The monoisotopic (exact) mass is 363 g/mol. The molecule has 3 aromatic rings. The zero-order chi connectivity index (χ0) is 19.2. The Labute approximate surface area is 159 Å². The zero-order valence-electron chi connectivity index (χ0n) is 15.7. The van der Waals surface area contributed by atoms with E-state index in [0.29, 0.717) is 18.4 Å². The molecule has 0 aliphatic carbocycles. The van der Waals surface area contributed by atoms with Crippen molar-refractivity contribution in [2.45, 2.75) is 32.7 Å². The van der Waals surface area contributed by atoms with Gasteiger partial charge in [-0.25, -0.2) is 0 Å². The number of rotatable bonds is 7. The Morgan fingerprint density at radius 2 is 1.74 bits per heavy atom. The van der Waals surface area contributed by atoms with Gasteiger partial charge in [-0.2, -0.15) is 5.10 Å². The summed E-state index contributed by atoms with van der Waals surface area (Å²) >= 11 is 0. The van der Waals surface area contributed by atoms with Crippen LogP contribution in [-0.2, 0) is 12.8 Å². The number of hydrogen-bond acceptors (Lipinski definition) is 3. The van der Waals surface area contributed by atoms with Gasteiger partial charge < -0.3 is 10.4 Å². The number of hydrogen-bond donors (Lipinski definition) is 3. The normalized spacial score (nSPS) is 12.0. The molecule has 2 aromatic carbocycles. The molecule has 27 heavy (non-hydrogen) atoms. The predicted molar refractivity (Wildman–Crippen MR) is 107 cm³/mol. The lowest BCUT2D eigenvalue weighted by molar-refractivity contribution is 0.0940. The summed E-state index contributed by atoms with van der Waals surface area (Å²) < 4.78 is 0. The molecule has 1 amide bonds. The summed E-state index contributed by atoms with van der Waals surface area (Å²) in [5.74, 6) is -0.0837. The molecule has 1 atom stereocenters. The molecule has 0 saturated carbocycles. The molecule has 0 fully saturated rings. The molecule has 0 bridgehead atoms. The van der Waals surface area contributed by atoms with E-state index < -0.39 is 0 Å². The fourth-order valence-corrected chi connectivity index (χ4v) is 3.06. The van der Waals surface area contributed by atoms with Gasteiger partial charge in [0.05, 0.1) is 5.69 Å². The van der Waals surface area contributed by atoms with Crippen molar-refractivity contribution < 1.29 is 9.90 Å². The predicted octanol–water partition coefficient (Wildman–Crippen LogP) is 3.28. The number of aryl methyl sites for hydroxylation is 1. The third-order valence-electron chi connectivity index (χ3n) is 4.49. The molecule has 0 saturated heterocycles. The van der Waals surface area contributed by atoms with E-state index in [4.69, 9.17) is 5.11 Å². The van der Waals surface area contributed by atoms with Crippen molar-refractivity contribution in [2.75, 3.05) is 6.61 Å². The molecule has 1 heterocycles. The van der Waals surface area contributed by atoms with E-state index in [9.17, 15) is 4.79 Å². The van der Waals surface area contributed by atoms with Gasteiger partial charge in [-0.15, -0.1) is 0 Å². The molecule has 0 aliphatic heterocycles. The summed E-state index contributed by atoms with van der Waals surface area (Å²) in [6.45, 7) is 4.09. The van der Waals surface area contributed by atoms with Crippen molar-refractivity contribution in [3.8, 4) is 11.1 Å². The number of nitrogens with zero attached hydrogens (tertiary/aromatic N) is 1. The molecule has 0 radical (unpaired) electrons. The standard InChI is InChI=1S/C22H25N3O2/c1-15(13-21-14-16(2)24-25-21)23-22(27)20-9-7-19(8-10-20)18-5-3-17(4-6-18)11-12-26/h3-10,14-15,26H,11-13H2,1-2H3,(H,23,27)(H,24,25)/t15-/m0/s1. The Morgan fingerprint density at radius 3 is 2.30 bits per heavy atom. The van der Waals surface area contributed by atoms with Crippen LogP contribution in [0.15, 0.2) is 54.6 Å². The number of aromatic amines is 1. The van der Waals surface area contributed by atoms with Crippen LogP contribution in [0.3, 0.4) is 0 Å². The molecule has 3 rings (SSSR count). The van der Waals surface area contributed by atoms with Crippen LogP contribution in [0.5, 0.6) is 0 Å². The largest absolute Gasteiger partial charge is 0.396 e. The number of aliphatic hydroxyl groups excluding tert-OH is 1. The van der Waals surface area contributed by atoms with Gasteiger partial charge in [0.2, 0.25) is 0 Å². The van der Waals surface area contributed by atoms with E-state index in [2.05, 4.69) is 15.5 Å². The van der Waals surface area contributed by atoms with Crippen LogP contribution >= 0.6 is 0 Å². The van der Waals surface area contributed by atoms with Gasteiger partial charge in [0.15, 0.2) is 0 Å². The average Bonchev–Trinajstić information content (AvgIpc) is 3.07. The topological polar surface area (TPSA) is 78.0 Å². The smallest absolute Gasteiger partial charge is 0.251 e. The maximum atomic E-state index is 12.5. The average molecular weight is 363 g/mol. The maximum absolute atomic E-state index is 12.5. The first-order valence-corrected chi connectivity index (χ1v) is 9.17. The fourth-order valence-electron chi connectivity index (χ4n) is 3.06. The minimum atomic E-state index is -0.0837. The molecule has 3 N–H and O–H groups in total. The van der Waals surface area contributed by atoms with E-state index in [-0.39, 0.29) is 18.6 Å². The molecule has 0 spiro atoms. The van der Waals surface area contributed by atoms with E-state index in [1.54, 1.807) is 0 Å². The Kier molecular flexibility index (Phi) is 6.04. The minimum absolute atomic E-state index is 0.000976. The van der Waals surface area contributed by atoms with Crippen LogP contribution in [-0.4, -0.2) is 33.9 Å². The number of aliphatic hydroxyl groups is 1. The Hall–Kier alpha value is -2.92. The zero-order valence-corrected chi connectivity index (χ0v) is 15.7. The van der Waals surface area contributed by atoms with Crippen molar-refractivity contribution in [2.24, 2.45) is 0 Å². The number of benzene rings is 2. The van der Waals surface area contributed by atoms with Gasteiger partial charge in [-0.3, -0.25) is 9.89 Å². The number of aromatic nitrogens is 2. The van der Waals surface area contributed by atoms with Gasteiger partial charge in [-0.1, -0.05) is 36.4 Å². The first-order valence-electron chi connectivity index (χ1n) is 9.17. The quantitative estimate of drug-likeness (QED) is 0.603. The van der Waals surface area contributed by atoms with E-state index in [0.717, 1.165) is 28.1 Å². The van der Waals surface area contributed by atoms with Crippen LogP contribution < -0.4 is 5.32 Å². The van der Waals surface area contributed by atoms with Gasteiger partial charge in [0.1, 0.15) is 0 Å². The Morgan fingerprint density at radius 1 is 1.11 bits per heavy atom. The second-order valence-corrected chi connectivity index (χ2v) is 6.87. The van der Waals surface area contributed by atoms with Gasteiger partial charge in [0.25, 0.3) is 5.91 Å². The third-order valence-corrected chi connectivity index (χ3v) is 4.49. The number of carbonyl (C=O) groups excluding carboxylic acids is 1. The SMILES string of the molecule is Cc1cc(C[C@H](C)NC(=O)c2ccc(-c3ccc(CCO)cc3)cc2)n[nH]1. The molecule has 0 aliphatic rings. The fraction of sp³-hybridized carbons (Fsp3) is 0.273. The van der Waals surface area contributed by atoms with Crippen LogP contribution in [0.2, 0.25) is 0 Å². The van der Waals surface area contributed by atoms with Crippen LogP contribution in [0, 0.1) is 6.92 Å². The molecule has 140 valence electrons. The molecule has 0 unspecified atom stereocenters. The highest BCUT2D eigenvalue weighted by atomic mass is 16.3. The van der Waals surface area contributed by atoms with Gasteiger partial charge >= 0.3 is 0 Å². The van der Waals surface area contributed by atoms with E-state index in [1.807, 2.05) is 68.4 Å². The van der Waals surface area contributed by atoms with Crippen molar-refractivity contribution in [3.05, 3.63) is 77.1 Å². The summed E-state index contributed by atoms with van der Waals surface area (Å²) in [6, 6.07) is 17.7. The lowest BCUT2D eigenvalue weighted by Gasteiger charge is -2.13. The highest BCUT2D eigenvalue weighted by Crippen LogP contribution is 2.20. The first kappa shape index (κ1) is 18.9. The van der Waals surface area contributed by atoms with Crippen molar-refractivity contribution >= 4 is 5.91 Å². The molecular formula is C22H25N3O2. The highest BCUT2D eigenvalue weighted by Gasteiger charge is 2.12. The summed E-state index contributed by atoms with van der Waals surface area (Å²) in [4.78, 5) is 12.5. The first-order chi connectivity index (χ1) is 13.0. The van der Waals surface area contributed by atoms with Crippen molar-refractivity contribution in [1.82, 2.24) is 15.5 Å². The number of carbonyl (C=O) groups is 1. The molecule has 5 heteroatoms. The van der Waals surface area contributed by atoms with Crippen LogP contribution in [0.25, 0.3) is 11.1 Å². The number of nitrogens with one attached hydrogen (secondary N) is 2. The molecule has 5 nitrogen and oxygen atoms in total. The molecule has 1 aromatic heterocycles. The summed E-state index contributed by atoms with van der Waals surface area (Å²) in [5, 5.41) is 19.1. The van der Waals surface area contributed by atoms with E-state index >= 15 is 0 Å². The summed E-state index contributed by atoms with van der Waals surface area (Å²) in [5.41, 5.74) is 5.86. The minimum Gasteiger partial charge on any atom is -0.396 e. The van der Waals surface area contributed by atoms with Crippen LogP contribution in [0.1, 0.15) is 34.2 Å². The van der Waals surface area contributed by atoms with Gasteiger partial charge in [-0.05, 0) is 55.2 Å². The highest BCUT2D eigenvalue weighted by molar-refractivity contribution is 5.94. The second kappa shape index (κ2) is 8.64. The lowest BCUT2D eigenvalue weighted by Crippen LogP contribution is -2.34. The maximum Gasteiger partial charge on any atom is 0.251 e.